The van der Waals surface area contributed by atoms with Crippen LogP contribution in [-0.4, -0.2) is 46.9 Å². The third-order valence-electron chi connectivity index (χ3n) is 4.27. The quantitative estimate of drug-likeness (QED) is 0.493. The summed E-state index contributed by atoms with van der Waals surface area (Å²) in [7, 11) is 0. The number of hydrogen-bond acceptors (Lipinski definition) is 5. The Morgan fingerprint density at radius 2 is 2.14 bits per heavy atom. The van der Waals surface area contributed by atoms with Gasteiger partial charge >= 0.3 is 0 Å². The summed E-state index contributed by atoms with van der Waals surface area (Å²) in [5.74, 6) is 0. The summed E-state index contributed by atoms with van der Waals surface area (Å²) < 4.78 is 0. The maximum absolute atomic E-state index is 10.8. The molecule has 1 saturated heterocycles. The molecule has 1 aromatic carbocycles. The van der Waals surface area contributed by atoms with Gasteiger partial charge in [0.05, 0.1) is 4.92 Å². The van der Waals surface area contributed by atoms with Crippen molar-refractivity contribution in [2.45, 2.75) is 32.9 Å². The van der Waals surface area contributed by atoms with Gasteiger partial charge < -0.3 is 5.73 Å². The Balaban J connectivity index is 1.97. The summed E-state index contributed by atoms with van der Waals surface area (Å²) in [6.07, 6.45) is 1.18. The lowest BCUT2D eigenvalue weighted by Crippen LogP contribution is -2.37. The minimum absolute atomic E-state index is 0.0128. The Morgan fingerprint density at radius 3 is 2.71 bits per heavy atom. The molecule has 1 aliphatic heterocycles. The smallest absolute Gasteiger partial charge is 0.292 e. The highest BCUT2D eigenvalue weighted by Gasteiger charge is 2.26. The molecular formula is C15H24N4O2. The first kappa shape index (κ1) is 15.7. The monoisotopic (exact) mass is 292 g/mol. The van der Waals surface area contributed by atoms with Crippen LogP contribution in [0.15, 0.2) is 18.2 Å². The zero-order valence-corrected chi connectivity index (χ0v) is 12.8. The summed E-state index contributed by atoms with van der Waals surface area (Å²) in [4.78, 5) is 15.2. The molecular weight excluding hydrogens is 268 g/mol. The molecule has 2 rings (SSSR count). The number of nitro groups is 1. The van der Waals surface area contributed by atoms with E-state index in [1.165, 1.54) is 12.5 Å². The van der Waals surface area contributed by atoms with E-state index in [0.717, 1.165) is 38.3 Å². The van der Waals surface area contributed by atoms with Gasteiger partial charge in [-0.3, -0.25) is 19.9 Å². The molecule has 1 aromatic rings. The lowest BCUT2D eigenvalue weighted by Gasteiger charge is -2.26. The zero-order valence-electron chi connectivity index (χ0n) is 12.8. The van der Waals surface area contributed by atoms with Gasteiger partial charge in [0.1, 0.15) is 5.69 Å². The maximum Gasteiger partial charge on any atom is 0.292 e. The van der Waals surface area contributed by atoms with E-state index in [1.54, 1.807) is 12.1 Å². The van der Waals surface area contributed by atoms with Crippen molar-refractivity contribution in [2.24, 2.45) is 0 Å². The van der Waals surface area contributed by atoms with Crippen LogP contribution in [0.1, 0.15) is 25.8 Å². The van der Waals surface area contributed by atoms with E-state index in [4.69, 9.17) is 5.73 Å². The van der Waals surface area contributed by atoms with Gasteiger partial charge in [-0.2, -0.15) is 0 Å². The summed E-state index contributed by atoms with van der Waals surface area (Å²) >= 11 is 0. The predicted molar refractivity (Wildman–Crippen MR) is 84.1 cm³/mol. The lowest BCUT2D eigenvalue weighted by atomic mass is 10.1. The van der Waals surface area contributed by atoms with E-state index in [-0.39, 0.29) is 11.4 Å². The first-order valence-electron chi connectivity index (χ1n) is 7.54. The molecule has 0 aromatic heterocycles. The van der Waals surface area contributed by atoms with Crippen LogP contribution < -0.4 is 5.73 Å². The van der Waals surface area contributed by atoms with E-state index in [2.05, 4.69) is 23.6 Å². The number of hydrogen-bond donors (Lipinski definition) is 1. The molecule has 2 N–H and O–H groups in total. The van der Waals surface area contributed by atoms with Gasteiger partial charge in [-0.1, -0.05) is 19.9 Å². The third kappa shape index (κ3) is 3.71. The topological polar surface area (TPSA) is 75.6 Å². The first-order valence-corrected chi connectivity index (χ1v) is 7.54. The third-order valence-corrected chi connectivity index (χ3v) is 4.27. The number of likely N-dealkylation sites (N-methyl/N-ethyl adjacent to an activating group) is 1. The molecule has 116 valence electrons. The number of anilines is 1. The second kappa shape index (κ2) is 6.87. The summed E-state index contributed by atoms with van der Waals surface area (Å²) in [6.45, 7) is 9.49. The Kier molecular flexibility index (Phi) is 5.14. The van der Waals surface area contributed by atoms with Gasteiger partial charge in [-0.15, -0.1) is 0 Å². The van der Waals surface area contributed by atoms with Gasteiger partial charge in [0, 0.05) is 31.7 Å². The van der Waals surface area contributed by atoms with Crippen molar-refractivity contribution in [3.63, 3.8) is 0 Å². The fourth-order valence-corrected chi connectivity index (χ4v) is 3.12. The number of nitro benzene ring substituents is 1. The Morgan fingerprint density at radius 1 is 1.43 bits per heavy atom. The molecule has 0 radical (unpaired) electrons. The summed E-state index contributed by atoms with van der Waals surface area (Å²) in [6, 6.07) is 5.65. The van der Waals surface area contributed by atoms with Gasteiger partial charge in [-0.25, -0.2) is 0 Å². The Bertz CT molecular complexity index is 502. The highest BCUT2D eigenvalue weighted by Crippen LogP contribution is 2.24. The average molecular weight is 292 g/mol. The largest absolute Gasteiger partial charge is 0.393 e. The Labute approximate surface area is 125 Å². The van der Waals surface area contributed by atoms with E-state index in [0.29, 0.717) is 6.04 Å². The highest BCUT2D eigenvalue weighted by atomic mass is 16.6. The van der Waals surface area contributed by atoms with E-state index in [9.17, 15) is 10.1 Å². The van der Waals surface area contributed by atoms with Crippen LogP contribution >= 0.6 is 0 Å². The van der Waals surface area contributed by atoms with Crippen molar-refractivity contribution < 1.29 is 4.92 Å². The number of nitrogen functional groups attached to an aromatic ring is 1. The fourth-order valence-electron chi connectivity index (χ4n) is 3.12. The molecule has 1 atom stereocenters. The summed E-state index contributed by atoms with van der Waals surface area (Å²) in [5.41, 5.74) is 7.02. The predicted octanol–water partition coefficient (Wildman–Crippen LogP) is 2.09. The minimum Gasteiger partial charge on any atom is -0.393 e. The molecule has 1 heterocycles. The van der Waals surface area contributed by atoms with E-state index < -0.39 is 4.92 Å². The number of likely N-dealkylation sites (tertiary alicyclic amines) is 1. The van der Waals surface area contributed by atoms with Gasteiger partial charge in [0.15, 0.2) is 0 Å². The minimum atomic E-state index is -0.439. The summed E-state index contributed by atoms with van der Waals surface area (Å²) in [5, 5.41) is 10.8. The molecule has 0 amide bonds. The molecule has 0 bridgehead atoms. The molecule has 6 nitrogen and oxygen atoms in total. The lowest BCUT2D eigenvalue weighted by molar-refractivity contribution is -0.383. The van der Waals surface area contributed by atoms with Crippen LogP contribution in [-0.2, 0) is 6.54 Å². The van der Waals surface area contributed by atoms with Crippen LogP contribution in [0.2, 0.25) is 0 Å². The number of rotatable bonds is 6. The number of benzene rings is 1. The van der Waals surface area contributed by atoms with Gasteiger partial charge in [0.25, 0.3) is 5.69 Å². The molecule has 0 aliphatic carbocycles. The van der Waals surface area contributed by atoms with Crippen molar-refractivity contribution in [2.75, 3.05) is 31.9 Å². The van der Waals surface area contributed by atoms with Crippen LogP contribution in [0.4, 0.5) is 11.4 Å². The number of nitrogens with two attached hydrogens (primary N) is 1. The molecule has 1 unspecified atom stereocenters. The fraction of sp³-hybridized carbons (Fsp3) is 0.600. The molecule has 1 aliphatic rings. The molecule has 0 saturated carbocycles. The number of nitrogens with zero attached hydrogens (tertiary/aromatic N) is 3. The molecule has 1 fully saturated rings. The highest BCUT2D eigenvalue weighted by molar-refractivity contribution is 5.59. The van der Waals surface area contributed by atoms with Crippen LogP contribution in [0.3, 0.4) is 0 Å². The SMILES string of the molecule is CCN(CC)C1CCN(Cc2ccc([N+](=O)[O-])c(N)c2)C1. The molecule has 21 heavy (non-hydrogen) atoms. The van der Waals surface area contributed by atoms with E-state index in [1.807, 2.05) is 0 Å². The van der Waals surface area contributed by atoms with Gasteiger partial charge in [-0.05, 0) is 31.1 Å². The first-order chi connectivity index (χ1) is 10.0. The van der Waals surface area contributed by atoms with Crippen molar-refractivity contribution >= 4 is 11.4 Å². The van der Waals surface area contributed by atoms with Crippen molar-refractivity contribution in [3.8, 4) is 0 Å². The zero-order chi connectivity index (χ0) is 15.4. The van der Waals surface area contributed by atoms with Crippen LogP contribution in [0, 0.1) is 10.1 Å². The average Bonchev–Trinajstić information content (AvgIpc) is 2.88. The molecule has 6 heteroatoms. The second-order valence-electron chi connectivity index (χ2n) is 5.55. The van der Waals surface area contributed by atoms with Crippen molar-refractivity contribution in [1.82, 2.24) is 9.80 Å². The standard InChI is InChI=1S/C15H24N4O2/c1-3-18(4-2)13-7-8-17(11-13)10-12-5-6-15(19(20)21)14(16)9-12/h5-6,9,13H,3-4,7-8,10-11,16H2,1-2H3. The Hall–Kier alpha value is -1.66. The second-order valence-corrected chi connectivity index (χ2v) is 5.55. The van der Waals surface area contributed by atoms with Crippen molar-refractivity contribution in [1.29, 1.82) is 0 Å². The van der Waals surface area contributed by atoms with Crippen LogP contribution in [0.5, 0.6) is 0 Å². The van der Waals surface area contributed by atoms with Crippen molar-refractivity contribution in [3.05, 3.63) is 33.9 Å². The normalized spacial score (nSPS) is 19.3. The maximum atomic E-state index is 10.8. The van der Waals surface area contributed by atoms with E-state index >= 15 is 0 Å². The molecule has 0 spiro atoms. The van der Waals surface area contributed by atoms with Crippen LogP contribution in [0.25, 0.3) is 0 Å². The van der Waals surface area contributed by atoms with Gasteiger partial charge in [0.2, 0.25) is 0 Å².